The summed E-state index contributed by atoms with van der Waals surface area (Å²) in [6.07, 6.45) is 5.69. The number of nitrogens with two attached hydrogens (primary N) is 1. The molecular formula is C13H23N3O2. The van der Waals surface area contributed by atoms with Crippen LogP contribution in [0.15, 0.2) is 0 Å². The molecule has 1 saturated carbocycles. The van der Waals surface area contributed by atoms with Crippen LogP contribution in [0, 0.1) is 5.92 Å². The van der Waals surface area contributed by atoms with Crippen LogP contribution >= 0.6 is 0 Å². The Morgan fingerprint density at radius 2 is 2.00 bits per heavy atom. The number of nitrogens with zero attached hydrogens (tertiary/aromatic N) is 1. The molecule has 1 saturated heterocycles. The molecule has 0 spiro atoms. The molecule has 1 heterocycles. The zero-order valence-corrected chi connectivity index (χ0v) is 10.9. The number of rotatable bonds is 5. The Balaban J connectivity index is 1.83. The number of amides is 2. The third kappa shape index (κ3) is 3.45. The van der Waals surface area contributed by atoms with E-state index < -0.39 is 0 Å². The van der Waals surface area contributed by atoms with Crippen LogP contribution < -0.4 is 11.1 Å². The fraction of sp³-hybridized carbons (Fsp3) is 0.846. The van der Waals surface area contributed by atoms with Crippen molar-refractivity contribution in [2.45, 2.75) is 44.6 Å². The van der Waals surface area contributed by atoms with E-state index in [2.05, 4.69) is 5.32 Å². The van der Waals surface area contributed by atoms with Gasteiger partial charge in [-0.2, -0.15) is 0 Å². The minimum absolute atomic E-state index is 0.0121. The van der Waals surface area contributed by atoms with Crippen molar-refractivity contribution in [1.29, 1.82) is 0 Å². The summed E-state index contributed by atoms with van der Waals surface area (Å²) >= 11 is 0. The van der Waals surface area contributed by atoms with Gasteiger partial charge in [0.05, 0.1) is 0 Å². The monoisotopic (exact) mass is 253 g/mol. The van der Waals surface area contributed by atoms with Crippen molar-refractivity contribution in [1.82, 2.24) is 10.2 Å². The van der Waals surface area contributed by atoms with Crippen LogP contribution in [0.5, 0.6) is 0 Å². The van der Waals surface area contributed by atoms with Gasteiger partial charge in [-0.1, -0.05) is 0 Å². The molecule has 1 aliphatic heterocycles. The van der Waals surface area contributed by atoms with E-state index in [1.54, 1.807) is 0 Å². The number of nitrogens with one attached hydrogen (secondary N) is 1. The largest absolute Gasteiger partial charge is 0.354 e. The molecule has 3 N–H and O–H groups in total. The van der Waals surface area contributed by atoms with Gasteiger partial charge in [0.25, 0.3) is 0 Å². The Bertz CT molecular complexity index is 315. The Morgan fingerprint density at radius 3 is 2.67 bits per heavy atom. The van der Waals surface area contributed by atoms with Crippen LogP contribution in [0.4, 0.5) is 0 Å². The predicted molar refractivity (Wildman–Crippen MR) is 68.8 cm³/mol. The van der Waals surface area contributed by atoms with Gasteiger partial charge in [-0.3, -0.25) is 9.59 Å². The maximum absolute atomic E-state index is 12.1. The van der Waals surface area contributed by atoms with Crippen LogP contribution in [0.3, 0.4) is 0 Å². The van der Waals surface area contributed by atoms with E-state index in [1.165, 1.54) is 0 Å². The van der Waals surface area contributed by atoms with E-state index in [-0.39, 0.29) is 17.9 Å². The van der Waals surface area contributed by atoms with Crippen LogP contribution in [-0.2, 0) is 9.59 Å². The molecule has 102 valence electrons. The van der Waals surface area contributed by atoms with E-state index in [9.17, 15) is 9.59 Å². The van der Waals surface area contributed by atoms with E-state index in [0.717, 1.165) is 38.6 Å². The lowest BCUT2D eigenvalue weighted by atomic mass is 10.0. The number of likely N-dealkylation sites (tertiary alicyclic amines) is 1. The van der Waals surface area contributed by atoms with Crippen molar-refractivity contribution < 1.29 is 9.59 Å². The third-order valence-electron chi connectivity index (χ3n) is 3.74. The van der Waals surface area contributed by atoms with Gasteiger partial charge in [0, 0.05) is 38.0 Å². The molecule has 2 fully saturated rings. The standard InChI is InChI=1S/C13H23N3O2/c14-7-6-12(17)15-9-11-3-1-2-8-16(11)13(18)10-4-5-10/h10-11H,1-9,14H2,(H,15,17). The Kier molecular flexibility index (Phi) is 4.58. The van der Waals surface area contributed by atoms with Crippen LogP contribution in [0.25, 0.3) is 0 Å². The summed E-state index contributed by atoms with van der Waals surface area (Å²) < 4.78 is 0. The van der Waals surface area contributed by atoms with Gasteiger partial charge in [0.15, 0.2) is 0 Å². The first-order chi connectivity index (χ1) is 8.72. The van der Waals surface area contributed by atoms with Crippen LogP contribution in [-0.4, -0.2) is 42.4 Å². The Morgan fingerprint density at radius 1 is 1.22 bits per heavy atom. The molecule has 5 heteroatoms. The normalized spacial score (nSPS) is 23.8. The lowest BCUT2D eigenvalue weighted by Crippen LogP contribution is -2.50. The van der Waals surface area contributed by atoms with Crippen molar-refractivity contribution >= 4 is 11.8 Å². The Labute approximate surface area is 108 Å². The summed E-state index contributed by atoms with van der Waals surface area (Å²) in [5.41, 5.74) is 5.34. The van der Waals surface area contributed by atoms with E-state index in [4.69, 9.17) is 5.73 Å². The summed E-state index contributed by atoms with van der Waals surface area (Å²) in [6.45, 7) is 1.81. The molecule has 2 aliphatic rings. The quantitative estimate of drug-likeness (QED) is 0.737. The van der Waals surface area contributed by atoms with Gasteiger partial charge in [0.2, 0.25) is 11.8 Å². The molecule has 0 aromatic heterocycles. The lowest BCUT2D eigenvalue weighted by molar-refractivity contribution is -0.136. The van der Waals surface area contributed by atoms with Crippen molar-refractivity contribution in [2.75, 3.05) is 19.6 Å². The number of hydrogen-bond donors (Lipinski definition) is 2. The summed E-state index contributed by atoms with van der Waals surface area (Å²) in [4.78, 5) is 25.5. The van der Waals surface area contributed by atoms with Crippen molar-refractivity contribution in [3.8, 4) is 0 Å². The van der Waals surface area contributed by atoms with Gasteiger partial charge in [0.1, 0.15) is 0 Å². The van der Waals surface area contributed by atoms with Crippen LogP contribution in [0.2, 0.25) is 0 Å². The average Bonchev–Trinajstić information content (AvgIpc) is 3.20. The van der Waals surface area contributed by atoms with Gasteiger partial charge >= 0.3 is 0 Å². The lowest BCUT2D eigenvalue weighted by Gasteiger charge is -2.36. The van der Waals surface area contributed by atoms with Crippen molar-refractivity contribution in [3.05, 3.63) is 0 Å². The van der Waals surface area contributed by atoms with Gasteiger partial charge in [-0.05, 0) is 32.1 Å². The molecule has 1 unspecified atom stereocenters. The van der Waals surface area contributed by atoms with Crippen molar-refractivity contribution in [2.24, 2.45) is 11.7 Å². The molecule has 0 aromatic rings. The smallest absolute Gasteiger partial charge is 0.225 e. The molecule has 5 nitrogen and oxygen atoms in total. The first kappa shape index (κ1) is 13.3. The molecule has 1 atom stereocenters. The minimum Gasteiger partial charge on any atom is -0.354 e. The average molecular weight is 253 g/mol. The number of carbonyl (C=O) groups excluding carboxylic acids is 2. The highest BCUT2D eigenvalue weighted by Gasteiger charge is 2.37. The molecule has 18 heavy (non-hydrogen) atoms. The predicted octanol–water partition coefficient (Wildman–Crippen LogP) is 0.243. The summed E-state index contributed by atoms with van der Waals surface area (Å²) in [7, 11) is 0. The maximum Gasteiger partial charge on any atom is 0.225 e. The first-order valence-corrected chi connectivity index (χ1v) is 6.99. The Hall–Kier alpha value is -1.10. The van der Waals surface area contributed by atoms with Crippen LogP contribution in [0.1, 0.15) is 38.5 Å². The summed E-state index contributed by atoms with van der Waals surface area (Å²) in [6, 6.07) is 0.188. The second kappa shape index (κ2) is 6.18. The van der Waals surface area contributed by atoms with Gasteiger partial charge in [-0.15, -0.1) is 0 Å². The van der Waals surface area contributed by atoms with Gasteiger partial charge in [-0.25, -0.2) is 0 Å². The van der Waals surface area contributed by atoms with E-state index >= 15 is 0 Å². The fourth-order valence-corrected chi connectivity index (χ4v) is 2.52. The molecule has 0 radical (unpaired) electrons. The maximum atomic E-state index is 12.1. The summed E-state index contributed by atoms with van der Waals surface area (Å²) in [5.74, 6) is 0.556. The second-order valence-corrected chi connectivity index (χ2v) is 5.30. The molecule has 0 bridgehead atoms. The van der Waals surface area contributed by atoms with E-state index in [1.807, 2.05) is 4.90 Å². The minimum atomic E-state index is -0.0121. The molecule has 2 amide bonds. The molecule has 0 aromatic carbocycles. The fourth-order valence-electron chi connectivity index (χ4n) is 2.52. The molecular weight excluding hydrogens is 230 g/mol. The summed E-state index contributed by atoms with van der Waals surface area (Å²) in [5, 5.41) is 2.88. The van der Waals surface area contributed by atoms with Crippen molar-refractivity contribution in [3.63, 3.8) is 0 Å². The van der Waals surface area contributed by atoms with Gasteiger partial charge < -0.3 is 16.0 Å². The number of hydrogen-bond acceptors (Lipinski definition) is 3. The second-order valence-electron chi connectivity index (χ2n) is 5.30. The molecule has 1 aliphatic carbocycles. The topological polar surface area (TPSA) is 75.4 Å². The zero-order chi connectivity index (χ0) is 13.0. The third-order valence-corrected chi connectivity index (χ3v) is 3.74. The highest BCUT2D eigenvalue weighted by molar-refractivity contribution is 5.81. The van der Waals surface area contributed by atoms with E-state index in [0.29, 0.717) is 25.4 Å². The number of carbonyl (C=O) groups is 2. The SMILES string of the molecule is NCCC(=O)NCC1CCCCN1C(=O)C1CC1. The zero-order valence-electron chi connectivity index (χ0n) is 10.9. The highest BCUT2D eigenvalue weighted by atomic mass is 16.2. The highest BCUT2D eigenvalue weighted by Crippen LogP contribution is 2.33. The first-order valence-electron chi connectivity index (χ1n) is 6.99. The number of piperidine rings is 1. The molecule has 2 rings (SSSR count).